The maximum Gasteiger partial charge on any atom is 0.0677 e. The topological polar surface area (TPSA) is 35.5 Å². The van der Waals surface area contributed by atoms with E-state index in [1.807, 2.05) is 13.0 Å². The third kappa shape index (κ3) is 3.53. The molecule has 3 heteroatoms. The summed E-state index contributed by atoms with van der Waals surface area (Å²) in [4.78, 5) is 2.41. The van der Waals surface area contributed by atoms with Gasteiger partial charge < -0.3 is 10.4 Å². The summed E-state index contributed by atoms with van der Waals surface area (Å²) in [7, 11) is 0. The van der Waals surface area contributed by atoms with E-state index < -0.39 is 0 Å². The van der Waals surface area contributed by atoms with E-state index in [4.69, 9.17) is 0 Å². The first-order chi connectivity index (χ1) is 8.15. The molecule has 2 rings (SSSR count). The average molecular weight is 234 g/mol. The molecule has 1 aliphatic rings. The molecule has 1 aliphatic heterocycles. The second-order valence-corrected chi connectivity index (χ2v) is 5.09. The van der Waals surface area contributed by atoms with Crippen molar-refractivity contribution < 1.29 is 5.11 Å². The number of aliphatic hydroxyl groups is 1. The van der Waals surface area contributed by atoms with Gasteiger partial charge in [0.2, 0.25) is 0 Å². The maximum absolute atomic E-state index is 9.69. The van der Waals surface area contributed by atoms with Crippen LogP contribution in [0.1, 0.15) is 19.4 Å². The number of aliphatic hydroxyl groups excluding tert-OH is 1. The number of nitrogens with one attached hydrogen (secondary N) is 1. The minimum Gasteiger partial charge on any atom is -0.392 e. The van der Waals surface area contributed by atoms with Gasteiger partial charge in [0, 0.05) is 31.7 Å². The van der Waals surface area contributed by atoms with Crippen molar-refractivity contribution in [3.63, 3.8) is 0 Å². The van der Waals surface area contributed by atoms with Crippen molar-refractivity contribution in [3.05, 3.63) is 35.9 Å². The van der Waals surface area contributed by atoms with Gasteiger partial charge in [-0.15, -0.1) is 0 Å². The first kappa shape index (κ1) is 12.6. The lowest BCUT2D eigenvalue weighted by atomic mass is 10.1. The number of nitrogens with zero attached hydrogens (tertiary/aromatic N) is 1. The molecule has 1 fully saturated rings. The Labute approximate surface area is 103 Å². The highest BCUT2D eigenvalue weighted by atomic mass is 16.3. The zero-order valence-corrected chi connectivity index (χ0v) is 10.6. The Balaban J connectivity index is 1.96. The van der Waals surface area contributed by atoms with E-state index in [0.29, 0.717) is 6.04 Å². The van der Waals surface area contributed by atoms with E-state index in [1.165, 1.54) is 5.56 Å². The Kier molecular flexibility index (Phi) is 4.15. The van der Waals surface area contributed by atoms with Crippen LogP contribution in [0.4, 0.5) is 0 Å². The number of benzene rings is 1. The Morgan fingerprint density at radius 1 is 1.35 bits per heavy atom. The molecule has 0 radical (unpaired) electrons. The van der Waals surface area contributed by atoms with Crippen LogP contribution in [0.3, 0.4) is 0 Å². The fraction of sp³-hybridized carbons (Fsp3) is 0.571. The Morgan fingerprint density at radius 2 is 2.06 bits per heavy atom. The molecule has 2 unspecified atom stereocenters. The molecule has 1 heterocycles. The smallest absolute Gasteiger partial charge is 0.0677 e. The molecule has 0 bridgehead atoms. The number of hydrogen-bond acceptors (Lipinski definition) is 3. The van der Waals surface area contributed by atoms with E-state index in [9.17, 15) is 5.11 Å². The maximum atomic E-state index is 9.69. The van der Waals surface area contributed by atoms with Gasteiger partial charge in [-0.25, -0.2) is 0 Å². The van der Waals surface area contributed by atoms with E-state index in [1.54, 1.807) is 0 Å². The highest BCUT2D eigenvalue weighted by Crippen LogP contribution is 2.11. The number of piperazine rings is 1. The predicted octanol–water partition coefficient (Wildman–Crippen LogP) is 1.23. The van der Waals surface area contributed by atoms with Gasteiger partial charge >= 0.3 is 0 Å². The van der Waals surface area contributed by atoms with Crippen molar-refractivity contribution in [1.82, 2.24) is 10.2 Å². The van der Waals surface area contributed by atoms with Crippen LogP contribution in [0.25, 0.3) is 0 Å². The molecule has 3 atom stereocenters. The van der Waals surface area contributed by atoms with Crippen LogP contribution in [0.15, 0.2) is 30.3 Å². The van der Waals surface area contributed by atoms with Crippen LogP contribution in [-0.4, -0.2) is 41.3 Å². The second-order valence-electron chi connectivity index (χ2n) is 5.09. The van der Waals surface area contributed by atoms with Crippen LogP contribution in [0, 0.1) is 0 Å². The summed E-state index contributed by atoms with van der Waals surface area (Å²) in [5.41, 5.74) is 1.34. The Morgan fingerprint density at radius 3 is 2.71 bits per heavy atom. The normalized spacial score (nSPS) is 27.9. The molecular weight excluding hydrogens is 212 g/mol. The number of rotatable bonds is 3. The van der Waals surface area contributed by atoms with Crippen molar-refractivity contribution in [2.24, 2.45) is 0 Å². The Bertz CT molecular complexity index is 339. The third-order valence-electron chi connectivity index (χ3n) is 3.32. The van der Waals surface area contributed by atoms with Gasteiger partial charge in [0.25, 0.3) is 0 Å². The van der Waals surface area contributed by atoms with Crippen LogP contribution in [0.5, 0.6) is 0 Å². The van der Waals surface area contributed by atoms with Crippen molar-refractivity contribution in [2.45, 2.75) is 38.6 Å². The highest BCUT2D eigenvalue weighted by molar-refractivity contribution is 5.14. The molecule has 17 heavy (non-hydrogen) atoms. The van der Waals surface area contributed by atoms with E-state index in [0.717, 1.165) is 19.6 Å². The fourth-order valence-corrected chi connectivity index (χ4v) is 2.47. The van der Waals surface area contributed by atoms with E-state index in [2.05, 4.69) is 41.4 Å². The lowest BCUT2D eigenvalue weighted by Crippen LogP contribution is -2.58. The fourth-order valence-electron chi connectivity index (χ4n) is 2.47. The molecule has 0 aromatic heterocycles. The van der Waals surface area contributed by atoms with Crippen LogP contribution >= 0.6 is 0 Å². The summed E-state index contributed by atoms with van der Waals surface area (Å²) >= 11 is 0. The Hall–Kier alpha value is -0.900. The van der Waals surface area contributed by atoms with Crippen molar-refractivity contribution in [1.29, 1.82) is 0 Å². The number of hydrogen-bond donors (Lipinski definition) is 2. The van der Waals surface area contributed by atoms with Gasteiger partial charge in [0.05, 0.1) is 6.10 Å². The quantitative estimate of drug-likeness (QED) is 0.826. The first-order valence-electron chi connectivity index (χ1n) is 6.35. The van der Waals surface area contributed by atoms with Crippen LogP contribution in [-0.2, 0) is 6.54 Å². The second kappa shape index (κ2) is 5.63. The summed E-state index contributed by atoms with van der Waals surface area (Å²) in [5.74, 6) is 0. The molecule has 1 saturated heterocycles. The predicted molar refractivity (Wildman–Crippen MR) is 69.8 cm³/mol. The minimum atomic E-state index is -0.295. The SMILES string of the molecule is CC1CN(Cc2ccccc2)C[C@@H](C(C)O)N1. The first-order valence-corrected chi connectivity index (χ1v) is 6.35. The molecular formula is C14H22N2O. The van der Waals surface area contributed by atoms with Gasteiger partial charge in [-0.2, -0.15) is 0 Å². The molecule has 2 N–H and O–H groups in total. The van der Waals surface area contributed by atoms with Crippen molar-refractivity contribution in [3.8, 4) is 0 Å². The minimum absolute atomic E-state index is 0.183. The lowest BCUT2D eigenvalue weighted by Gasteiger charge is -2.39. The molecule has 1 aromatic rings. The monoisotopic (exact) mass is 234 g/mol. The van der Waals surface area contributed by atoms with E-state index in [-0.39, 0.29) is 12.1 Å². The molecule has 94 valence electrons. The summed E-state index contributed by atoms with van der Waals surface area (Å²) < 4.78 is 0. The molecule has 0 amide bonds. The van der Waals surface area contributed by atoms with Crippen molar-refractivity contribution >= 4 is 0 Å². The van der Waals surface area contributed by atoms with Crippen molar-refractivity contribution in [2.75, 3.05) is 13.1 Å². The molecule has 3 nitrogen and oxygen atoms in total. The summed E-state index contributed by atoms with van der Waals surface area (Å²) in [6.07, 6.45) is -0.295. The van der Waals surface area contributed by atoms with Gasteiger partial charge in [-0.1, -0.05) is 30.3 Å². The van der Waals surface area contributed by atoms with Gasteiger partial charge in [0.15, 0.2) is 0 Å². The molecule has 0 saturated carbocycles. The summed E-state index contributed by atoms with van der Waals surface area (Å²) in [5, 5.41) is 13.1. The summed E-state index contributed by atoms with van der Waals surface area (Å²) in [6, 6.07) is 11.1. The summed E-state index contributed by atoms with van der Waals surface area (Å²) in [6.45, 7) is 6.95. The van der Waals surface area contributed by atoms with Gasteiger partial charge in [-0.3, -0.25) is 4.90 Å². The zero-order chi connectivity index (χ0) is 12.3. The van der Waals surface area contributed by atoms with E-state index >= 15 is 0 Å². The highest BCUT2D eigenvalue weighted by Gasteiger charge is 2.26. The molecule has 0 spiro atoms. The molecule has 1 aromatic carbocycles. The largest absolute Gasteiger partial charge is 0.392 e. The van der Waals surface area contributed by atoms with Gasteiger partial charge in [-0.05, 0) is 19.4 Å². The van der Waals surface area contributed by atoms with Gasteiger partial charge in [0.1, 0.15) is 0 Å². The lowest BCUT2D eigenvalue weighted by molar-refractivity contribution is 0.0721. The third-order valence-corrected chi connectivity index (χ3v) is 3.32. The molecule has 0 aliphatic carbocycles. The van der Waals surface area contributed by atoms with Crippen LogP contribution < -0.4 is 5.32 Å². The standard InChI is InChI=1S/C14H22N2O/c1-11-8-16(10-14(15-11)12(2)17)9-13-6-4-3-5-7-13/h3-7,11-12,14-15,17H,8-10H2,1-2H3/t11?,12?,14-/m0/s1. The van der Waals surface area contributed by atoms with Crippen LogP contribution in [0.2, 0.25) is 0 Å². The average Bonchev–Trinajstić information content (AvgIpc) is 2.29. The zero-order valence-electron chi connectivity index (χ0n) is 10.6.